The van der Waals surface area contributed by atoms with E-state index in [1.165, 1.54) is 51.4 Å². The lowest BCUT2D eigenvalue weighted by Gasteiger charge is -2.61. The molecular weight excluding hydrogens is 340 g/mol. The summed E-state index contributed by atoms with van der Waals surface area (Å²) in [5.41, 5.74) is 0.880. The van der Waals surface area contributed by atoms with Crippen LogP contribution in [0, 0.1) is 52.3 Å². The SMILES string of the molecule is CC(C)CCC[C@@H](C)[C@H]1CC[C@H]2[C@@H]3C[C@@H](O)[C@H]4CC=CC[C@]4(C)[C@H]3CC[C@]12C. The van der Waals surface area contributed by atoms with Crippen LogP contribution in [0.2, 0.25) is 0 Å². The average Bonchev–Trinajstić information content (AvgIpc) is 2.99. The van der Waals surface area contributed by atoms with E-state index in [0.29, 0.717) is 16.7 Å². The van der Waals surface area contributed by atoms with Gasteiger partial charge < -0.3 is 5.11 Å². The lowest BCUT2D eigenvalue weighted by Crippen LogP contribution is -2.56. The Kier molecular flexibility index (Phi) is 5.80. The van der Waals surface area contributed by atoms with Crippen molar-refractivity contribution in [1.82, 2.24) is 0 Å². The first-order chi connectivity index (χ1) is 13.3. The van der Waals surface area contributed by atoms with Crippen molar-refractivity contribution in [2.75, 3.05) is 0 Å². The highest BCUT2D eigenvalue weighted by atomic mass is 16.3. The predicted molar refractivity (Wildman–Crippen MR) is 119 cm³/mol. The summed E-state index contributed by atoms with van der Waals surface area (Å²) >= 11 is 0. The van der Waals surface area contributed by atoms with Crippen LogP contribution in [0.1, 0.15) is 98.8 Å². The molecule has 1 nitrogen and oxygen atoms in total. The molecule has 4 aliphatic carbocycles. The molecule has 0 aromatic carbocycles. The number of allylic oxidation sites excluding steroid dienone is 2. The van der Waals surface area contributed by atoms with E-state index in [0.717, 1.165) is 48.3 Å². The maximum Gasteiger partial charge on any atom is 0.0579 e. The summed E-state index contributed by atoms with van der Waals surface area (Å²) in [7, 11) is 0. The molecule has 0 aromatic heterocycles. The van der Waals surface area contributed by atoms with E-state index in [1.807, 2.05) is 0 Å². The summed E-state index contributed by atoms with van der Waals surface area (Å²) in [6, 6.07) is 0. The molecule has 0 spiro atoms. The van der Waals surface area contributed by atoms with Gasteiger partial charge in [0.15, 0.2) is 0 Å². The van der Waals surface area contributed by atoms with Gasteiger partial charge in [0.2, 0.25) is 0 Å². The Morgan fingerprint density at radius 1 is 0.929 bits per heavy atom. The topological polar surface area (TPSA) is 20.2 Å². The molecule has 0 saturated heterocycles. The fourth-order valence-electron chi connectivity index (χ4n) is 8.93. The maximum atomic E-state index is 11.1. The average molecular weight is 387 g/mol. The highest BCUT2D eigenvalue weighted by Crippen LogP contribution is 2.68. The number of aliphatic hydroxyl groups is 1. The zero-order valence-corrected chi connectivity index (χ0v) is 19.3. The number of rotatable bonds is 5. The van der Waals surface area contributed by atoms with Gasteiger partial charge in [-0.25, -0.2) is 0 Å². The third-order valence-corrected chi connectivity index (χ3v) is 10.4. The summed E-state index contributed by atoms with van der Waals surface area (Å²) in [6.07, 6.45) is 18.1. The molecule has 0 aromatic rings. The van der Waals surface area contributed by atoms with Gasteiger partial charge in [0.05, 0.1) is 6.10 Å². The summed E-state index contributed by atoms with van der Waals surface area (Å²) < 4.78 is 0. The van der Waals surface area contributed by atoms with Crippen molar-refractivity contribution < 1.29 is 5.11 Å². The quantitative estimate of drug-likeness (QED) is 0.493. The highest BCUT2D eigenvalue weighted by molar-refractivity contribution is 5.14. The largest absolute Gasteiger partial charge is 0.393 e. The molecule has 3 fully saturated rings. The van der Waals surface area contributed by atoms with Gasteiger partial charge in [-0.05, 0) is 97.2 Å². The Morgan fingerprint density at radius 2 is 1.68 bits per heavy atom. The van der Waals surface area contributed by atoms with Crippen molar-refractivity contribution in [1.29, 1.82) is 0 Å². The Labute approximate surface area is 174 Å². The summed E-state index contributed by atoms with van der Waals surface area (Å²) in [5, 5.41) is 11.1. The zero-order valence-electron chi connectivity index (χ0n) is 19.3. The monoisotopic (exact) mass is 386 g/mol. The van der Waals surface area contributed by atoms with Gasteiger partial charge in [-0.15, -0.1) is 0 Å². The van der Waals surface area contributed by atoms with E-state index < -0.39 is 0 Å². The maximum absolute atomic E-state index is 11.1. The summed E-state index contributed by atoms with van der Waals surface area (Å²) in [5.74, 6) is 5.63. The van der Waals surface area contributed by atoms with Crippen LogP contribution in [0.5, 0.6) is 0 Å². The molecule has 4 aliphatic rings. The van der Waals surface area contributed by atoms with Gasteiger partial charge in [0, 0.05) is 0 Å². The molecule has 1 heteroatoms. The smallest absolute Gasteiger partial charge is 0.0579 e. The van der Waals surface area contributed by atoms with Crippen molar-refractivity contribution in [3.8, 4) is 0 Å². The Hall–Kier alpha value is -0.300. The van der Waals surface area contributed by atoms with Crippen molar-refractivity contribution in [2.24, 2.45) is 52.3 Å². The standard InChI is InChI=1S/C27H46O/c1-18(2)9-8-10-19(3)21-12-13-22-20-17-25(28)24-11-6-7-15-26(24,4)23(20)14-16-27(21,22)5/h6-7,18-25,28H,8-17H2,1-5H3/t19-,20+,21-,22+,23+,24-,25-,26-,27-/m1/s1. The van der Waals surface area contributed by atoms with E-state index in [2.05, 4.69) is 46.8 Å². The summed E-state index contributed by atoms with van der Waals surface area (Å²) in [6.45, 7) is 12.5. The number of aliphatic hydroxyl groups excluding tert-OH is 1. The molecule has 4 rings (SSSR count). The molecule has 160 valence electrons. The number of hydrogen-bond donors (Lipinski definition) is 1. The van der Waals surface area contributed by atoms with Gasteiger partial charge >= 0.3 is 0 Å². The fourth-order valence-corrected chi connectivity index (χ4v) is 8.93. The van der Waals surface area contributed by atoms with Gasteiger partial charge in [-0.1, -0.05) is 66.0 Å². The Balaban J connectivity index is 1.50. The molecule has 0 heterocycles. The van der Waals surface area contributed by atoms with Crippen LogP contribution in [0.25, 0.3) is 0 Å². The first-order valence-corrected chi connectivity index (χ1v) is 12.6. The normalized spacial score (nSPS) is 48.8. The van der Waals surface area contributed by atoms with Gasteiger partial charge in [-0.2, -0.15) is 0 Å². The second-order valence-corrected chi connectivity index (χ2v) is 12.2. The van der Waals surface area contributed by atoms with E-state index in [-0.39, 0.29) is 6.10 Å². The number of fused-ring (bicyclic) bond motifs is 5. The van der Waals surface area contributed by atoms with Crippen LogP contribution < -0.4 is 0 Å². The second kappa shape index (κ2) is 7.75. The molecule has 1 N–H and O–H groups in total. The zero-order chi connectivity index (χ0) is 20.1. The van der Waals surface area contributed by atoms with Crippen LogP contribution in [0.4, 0.5) is 0 Å². The van der Waals surface area contributed by atoms with Crippen molar-refractivity contribution in [2.45, 2.75) is 105 Å². The van der Waals surface area contributed by atoms with E-state index >= 15 is 0 Å². The second-order valence-electron chi connectivity index (χ2n) is 12.2. The first kappa shape index (κ1) is 21.0. The molecule has 28 heavy (non-hydrogen) atoms. The van der Waals surface area contributed by atoms with Crippen LogP contribution in [0.3, 0.4) is 0 Å². The van der Waals surface area contributed by atoms with Crippen molar-refractivity contribution >= 4 is 0 Å². The highest BCUT2D eigenvalue weighted by Gasteiger charge is 2.61. The van der Waals surface area contributed by atoms with Gasteiger partial charge in [-0.3, -0.25) is 0 Å². The molecule has 0 radical (unpaired) electrons. The summed E-state index contributed by atoms with van der Waals surface area (Å²) in [4.78, 5) is 0. The lowest BCUT2D eigenvalue weighted by atomic mass is 9.44. The minimum Gasteiger partial charge on any atom is -0.393 e. The van der Waals surface area contributed by atoms with Crippen molar-refractivity contribution in [3.63, 3.8) is 0 Å². The van der Waals surface area contributed by atoms with Gasteiger partial charge in [0.1, 0.15) is 0 Å². The number of hydrogen-bond acceptors (Lipinski definition) is 1. The molecule has 0 amide bonds. The first-order valence-electron chi connectivity index (χ1n) is 12.6. The molecular formula is C27H46O. The van der Waals surface area contributed by atoms with Crippen LogP contribution in [-0.2, 0) is 0 Å². The molecule has 9 atom stereocenters. The lowest BCUT2D eigenvalue weighted by molar-refractivity contribution is -0.146. The van der Waals surface area contributed by atoms with E-state index in [9.17, 15) is 5.11 Å². The van der Waals surface area contributed by atoms with E-state index in [1.54, 1.807) is 0 Å². The Morgan fingerprint density at radius 3 is 2.43 bits per heavy atom. The third kappa shape index (κ3) is 3.32. The fraction of sp³-hybridized carbons (Fsp3) is 0.926. The third-order valence-electron chi connectivity index (χ3n) is 10.4. The minimum atomic E-state index is -0.0685. The molecule has 0 unspecified atom stereocenters. The van der Waals surface area contributed by atoms with Crippen LogP contribution >= 0.6 is 0 Å². The Bertz CT molecular complexity index is 579. The van der Waals surface area contributed by atoms with Gasteiger partial charge in [0.25, 0.3) is 0 Å². The van der Waals surface area contributed by atoms with Crippen LogP contribution in [0.15, 0.2) is 12.2 Å². The molecule has 0 aliphatic heterocycles. The van der Waals surface area contributed by atoms with E-state index in [4.69, 9.17) is 0 Å². The molecule has 3 saturated carbocycles. The predicted octanol–water partition coefficient (Wildman–Crippen LogP) is 7.24. The van der Waals surface area contributed by atoms with Crippen molar-refractivity contribution in [3.05, 3.63) is 12.2 Å². The molecule has 0 bridgehead atoms. The van der Waals surface area contributed by atoms with Crippen LogP contribution in [-0.4, -0.2) is 11.2 Å². The minimum absolute atomic E-state index is 0.0685.